The maximum atomic E-state index is 12.9. The summed E-state index contributed by atoms with van der Waals surface area (Å²) in [5, 5.41) is 75.6. The van der Waals surface area contributed by atoms with Gasteiger partial charge in [0.2, 0.25) is 0 Å². The van der Waals surface area contributed by atoms with Crippen molar-refractivity contribution < 1.29 is 98.8 Å². The van der Waals surface area contributed by atoms with Crippen molar-refractivity contribution in [1.82, 2.24) is 49.3 Å². The van der Waals surface area contributed by atoms with Gasteiger partial charge in [0.15, 0.2) is 0 Å². The molecule has 0 heterocycles. The molecule has 10 rings (SSSR count). The van der Waals surface area contributed by atoms with Crippen LogP contribution in [0.15, 0.2) is 317 Å². The van der Waals surface area contributed by atoms with E-state index in [2.05, 4.69) is 47.8 Å². The molecule has 0 saturated heterocycles. The molecule has 27 nitrogen and oxygen atoms in total. The van der Waals surface area contributed by atoms with Crippen molar-refractivity contribution >= 4 is 190 Å². The lowest BCUT2D eigenvalue weighted by atomic mass is 10.0. The van der Waals surface area contributed by atoms with Crippen molar-refractivity contribution in [2.45, 2.75) is 0 Å². The van der Waals surface area contributed by atoms with E-state index in [1.807, 2.05) is 133 Å². The van der Waals surface area contributed by atoms with Gasteiger partial charge in [-0.3, -0.25) is 90.0 Å². The Morgan fingerprint density at radius 1 is 0.254 bits per heavy atom. The minimum atomic E-state index is -0.691. The molecule has 10 aromatic rings. The molecule has 0 spiro atoms. The van der Waals surface area contributed by atoms with E-state index in [0.717, 1.165) is 75.6 Å². The summed E-state index contributed by atoms with van der Waals surface area (Å²) < 4.78 is 28.1. The molecule has 10 aromatic carbocycles. The summed E-state index contributed by atoms with van der Waals surface area (Å²) in [6.45, 7) is 0. The zero-order valence-corrected chi connectivity index (χ0v) is 70.3. The molecule has 0 aliphatic heterocycles. The molecule has 0 unspecified atom stereocenters. The van der Waals surface area contributed by atoms with Crippen LogP contribution in [-0.2, 0) is 43.2 Å². The van der Waals surface area contributed by atoms with Gasteiger partial charge in [0.1, 0.15) is 11.6 Å². The highest BCUT2D eigenvalue weighted by Crippen LogP contribution is 2.22. The predicted molar refractivity (Wildman–Crippen MR) is 472 cm³/mol. The summed E-state index contributed by atoms with van der Waals surface area (Å²) in [6.07, 6.45) is 24.7. The van der Waals surface area contributed by atoms with Gasteiger partial charge in [-0.1, -0.05) is 252 Å². The number of nitrogens with one attached hydrogen (secondary N) is 9. The number of amides is 9. The Balaban J connectivity index is 0.000000466. The molecule has 0 aliphatic carbocycles. The Bertz CT molecular complexity index is 4840. The van der Waals surface area contributed by atoms with E-state index in [1.165, 1.54) is 141 Å². The molecule has 0 aliphatic rings. The zero-order chi connectivity index (χ0) is 90.2. The molecule has 634 valence electrons. The molecular formula is C87H77Br3Cl3F2N9O18. The number of hydroxylamine groups is 9. The molecule has 35 heteroatoms. The van der Waals surface area contributed by atoms with Crippen LogP contribution < -0.4 is 49.3 Å². The van der Waals surface area contributed by atoms with Crippen LogP contribution in [0.4, 0.5) is 8.78 Å². The minimum absolute atomic E-state index is 0.297. The van der Waals surface area contributed by atoms with E-state index in [-0.39, 0.29) is 5.82 Å². The van der Waals surface area contributed by atoms with Crippen molar-refractivity contribution in [3.05, 3.63) is 394 Å². The lowest BCUT2D eigenvalue weighted by molar-refractivity contribution is -0.124. The fourth-order valence-electron chi connectivity index (χ4n) is 8.05. The average molecular weight is 1920 g/mol. The van der Waals surface area contributed by atoms with Crippen LogP contribution in [0.3, 0.4) is 0 Å². The summed E-state index contributed by atoms with van der Waals surface area (Å²) in [7, 11) is 0. The average Bonchev–Trinajstić information content (AvgIpc) is 0.858. The van der Waals surface area contributed by atoms with Crippen LogP contribution in [0.1, 0.15) is 50.1 Å². The third-order valence-corrected chi connectivity index (χ3v) is 16.4. The van der Waals surface area contributed by atoms with E-state index in [0.29, 0.717) is 26.2 Å². The van der Waals surface area contributed by atoms with Crippen LogP contribution in [0.2, 0.25) is 15.1 Å². The molecule has 9 amide bonds. The first-order chi connectivity index (χ1) is 58.6. The smallest absolute Gasteiger partial charge is 0.267 e. The van der Waals surface area contributed by atoms with E-state index in [9.17, 15) is 51.9 Å². The zero-order valence-electron chi connectivity index (χ0n) is 63.3. The minimum Gasteiger partial charge on any atom is -0.288 e. The topological polar surface area (TPSA) is 444 Å². The van der Waals surface area contributed by atoms with E-state index in [4.69, 9.17) is 81.7 Å². The van der Waals surface area contributed by atoms with Crippen LogP contribution in [0.5, 0.6) is 0 Å². The normalized spacial score (nSPS) is 10.3. The summed E-state index contributed by atoms with van der Waals surface area (Å²) in [4.78, 5) is 95.5. The third kappa shape index (κ3) is 50.0. The van der Waals surface area contributed by atoms with Gasteiger partial charge in [0.25, 0.3) is 53.2 Å². The second-order valence-electron chi connectivity index (χ2n) is 22.6. The van der Waals surface area contributed by atoms with E-state index < -0.39 is 59.0 Å². The van der Waals surface area contributed by atoms with Crippen molar-refractivity contribution in [3.8, 4) is 11.1 Å². The molecule has 0 radical (unpaired) electrons. The number of hydrogen-bond donors (Lipinski definition) is 18. The molecule has 0 fully saturated rings. The molecule has 122 heavy (non-hydrogen) atoms. The Kier molecular flexibility index (Phi) is 55.0. The second-order valence-corrected chi connectivity index (χ2v) is 26.6. The summed E-state index contributed by atoms with van der Waals surface area (Å²) in [6, 6.07) is 73.0. The van der Waals surface area contributed by atoms with Gasteiger partial charge in [0.05, 0.1) is 0 Å². The Hall–Kier alpha value is -13.1. The van der Waals surface area contributed by atoms with Gasteiger partial charge in [-0.25, -0.2) is 58.1 Å². The van der Waals surface area contributed by atoms with Gasteiger partial charge < -0.3 is 0 Å². The highest BCUT2D eigenvalue weighted by Gasteiger charge is 2.03. The second kappa shape index (κ2) is 63.9. The lowest BCUT2D eigenvalue weighted by Crippen LogP contribution is -2.14. The fraction of sp³-hybridized carbons (Fsp3) is 0. The number of benzene rings is 10. The van der Waals surface area contributed by atoms with Crippen LogP contribution in [-0.4, -0.2) is 100 Å². The van der Waals surface area contributed by atoms with Crippen molar-refractivity contribution in [2.24, 2.45) is 0 Å². The van der Waals surface area contributed by atoms with Crippen LogP contribution in [0.25, 0.3) is 65.8 Å². The Labute approximate surface area is 738 Å². The summed E-state index contributed by atoms with van der Waals surface area (Å²) >= 11 is 27.1. The van der Waals surface area contributed by atoms with Gasteiger partial charge in [0, 0.05) is 88.7 Å². The van der Waals surface area contributed by atoms with Crippen molar-refractivity contribution in [3.63, 3.8) is 0 Å². The van der Waals surface area contributed by atoms with Crippen LogP contribution >= 0.6 is 82.6 Å². The van der Waals surface area contributed by atoms with Gasteiger partial charge in [-0.2, -0.15) is 0 Å². The number of carbonyl (C=O) groups excluding carboxylic acids is 9. The van der Waals surface area contributed by atoms with Crippen LogP contribution in [0, 0.1) is 11.6 Å². The van der Waals surface area contributed by atoms with Crippen molar-refractivity contribution in [2.75, 3.05) is 0 Å². The van der Waals surface area contributed by atoms with Crippen molar-refractivity contribution in [1.29, 1.82) is 0 Å². The molecule has 0 atom stereocenters. The standard InChI is InChI=1S/C15H13NO2.3C9H8BrNO2.3C9H8ClNO2.2C9H8FNO2/c17-15(16-18)11-8-12-6-9-14(10-7-12)13-4-2-1-3-5-13;10-8-4-1-7(2-5-8)3-6-9(12)11-13;10-8-3-1-2-7(6-8)4-5-9(12)11-13;10-8-4-2-1-3-7(8)5-6-9(12)11-13;10-8-4-1-7(2-5-8)3-6-9(12)11-13;10-8-3-1-2-7(6-8)4-5-9(12)11-13;10-8-4-2-1-3-7(8)5-6-9(12)11-13;10-8-4-1-7(2-5-8)3-6-9(12)11-13;10-8-4-2-1-3-7(8)5-6-9(12)11-13/h1-11,18H,(H,16,17);8*1-6,13H,(H,11,12)/b11-8+;6-3+;5-4+;6-5+;6-3+;5-4+;6-5+;6-3+;6-5+. The summed E-state index contributed by atoms with van der Waals surface area (Å²) in [5.41, 5.74) is 22.6. The molecule has 0 aromatic heterocycles. The predicted octanol–water partition coefficient (Wildman–Crippen LogP) is 17.0. The Morgan fingerprint density at radius 3 is 0.943 bits per heavy atom. The third-order valence-electron chi connectivity index (χ3n) is 13.8. The van der Waals surface area contributed by atoms with Gasteiger partial charge in [-0.15, -0.1) is 0 Å². The Morgan fingerprint density at radius 2 is 0.557 bits per heavy atom. The highest BCUT2D eigenvalue weighted by atomic mass is 79.9. The molecular weight excluding hydrogens is 1840 g/mol. The molecule has 0 saturated carbocycles. The number of rotatable bonds is 19. The van der Waals surface area contributed by atoms with Gasteiger partial charge in [-0.05, 0) is 189 Å². The first-order valence-electron chi connectivity index (χ1n) is 34.4. The lowest BCUT2D eigenvalue weighted by Gasteiger charge is -2.01. The molecule has 0 bridgehead atoms. The van der Waals surface area contributed by atoms with E-state index in [1.54, 1.807) is 121 Å². The summed E-state index contributed by atoms with van der Waals surface area (Å²) in [5.74, 6) is -5.93. The number of hydrogen-bond acceptors (Lipinski definition) is 18. The monoisotopic (exact) mass is 1920 g/mol. The van der Waals surface area contributed by atoms with E-state index >= 15 is 0 Å². The quantitative estimate of drug-likeness (QED) is 0.0203. The maximum absolute atomic E-state index is 12.9. The number of carbonyl (C=O) groups is 9. The largest absolute Gasteiger partial charge is 0.288 e. The SMILES string of the molecule is O=C(/C=C/c1ccc(-c2ccccc2)cc1)NO.O=C(/C=C/c1ccc(Br)cc1)NO.O=C(/C=C/c1ccc(Cl)cc1)NO.O=C(/C=C/c1ccc(F)cc1)NO.O=C(/C=C/c1cccc(Br)c1)NO.O=C(/C=C/c1cccc(Cl)c1)NO.O=C(/C=C/c1ccccc1Br)NO.O=C(/C=C/c1ccccc1Cl)NO.O=C(/C=C/c1ccccc1F)NO. The first kappa shape index (κ1) is 105. The first-order valence-corrected chi connectivity index (χ1v) is 37.9. The highest BCUT2D eigenvalue weighted by molar-refractivity contribution is 9.11. The fourth-order valence-corrected chi connectivity index (χ4v) is 9.68. The van der Waals surface area contributed by atoms with Gasteiger partial charge >= 0.3 is 0 Å². The maximum Gasteiger partial charge on any atom is 0.267 e. The molecule has 18 N–H and O–H groups in total. The number of halogens is 8.